The lowest BCUT2D eigenvalue weighted by atomic mass is 9.84. The zero-order chi connectivity index (χ0) is 17.5. The summed E-state index contributed by atoms with van der Waals surface area (Å²) in [7, 11) is 0. The molecule has 0 spiro atoms. The lowest BCUT2D eigenvalue weighted by molar-refractivity contribution is 0.201. The lowest BCUT2D eigenvalue weighted by Crippen LogP contribution is -2.45. The first kappa shape index (κ1) is 16.3. The fraction of sp³-hybridized carbons (Fsp3) is 0.600. The van der Waals surface area contributed by atoms with Crippen molar-refractivity contribution in [1.29, 1.82) is 0 Å². The van der Waals surface area contributed by atoms with Crippen LogP contribution in [0.4, 0.5) is 0 Å². The number of pyridine rings is 1. The quantitative estimate of drug-likeness (QED) is 0.881. The van der Waals surface area contributed by atoms with Crippen LogP contribution in [-0.4, -0.2) is 45.8 Å². The summed E-state index contributed by atoms with van der Waals surface area (Å²) in [5.41, 5.74) is 3.69. The minimum Gasteiger partial charge on any atom is -0.316 e. The van der Waals surface area contributed by atoms with Gasteiger partial charge in [-0.15, -0.1) is 0 Å². The summed E-state index contributed by atoms with van der Waals surface area (Å²) in [6, 6.07) is 6.38. The number of fused-ring (bicyclic) bond motifs is 4. The van der Waals surface area contributed by atoms with Gasteiger partial charge in [0.1, 0.15) is 0 Å². The van der Waals surface area contributed by atoms with Crippen LogP contribution in [0.2, 0.25) is 0 Å². The van der Waals surface area contributed by atoms with Gasteiger partial charge in [-0.3, -0.25) is 14.8 Å². The molecule has 6 heteroatoms. The first-order chi connectivity index (χ1) is 12.8. The molecule has 2 aromatic rings. The number of nitrogens with one attached hydrogen (secondary N) is 2. The van der Waals surface area contributed by atoms with Crippen LogP contribution in [0, 0.1) is 5.92 Å². The Labute approximate surface area is 153 Å². The molecule has 0 amide bonds. The van der Waals surface area contributed by atoms with Crippen LogP contribution in [0.1, 0.15) is 48.0 Å². The topological polar surface area (TPSA) is 66.0 Å². The molecule has 138 valence electrons. The second-order valence-corrected chi connectivity index (χ2v) is 8.22. The molecular formula is C20H27N5O. The Hall–Kier alpha value is -1.92. The summed E-state index contributed by atoms with van der Waals surface area (Å²) >= 11 is 0. The standard InChI is InChI=1S/C20H27N5O/c26-20-16(1-2-19-17-9-14(10-21-11-17)12-25(19)20)13-24-7-4-15(5-8-24)18-3-6-22-23-18/h1-3,6,14-15,17,21H,4-5,7-13H2,(H,22,23)/t14-,17+/m0/s1. The minimum absolute atomic E-state index is 0.245. The zero-order valence-corrected chi connectivity index (χ0v) is 15.2. The molecule has 5 heterocycles. The van der Waals surface area contributed by atoms with Gasteiger partial charge >= 0.3 is 0 Å². The highest BCUT2D eigenvalue weighted by Gasteiger charge is 2.31. The molecule has 0 saturated carbocycles. The van der Waals surface area contributed by atoms with Crippen LogP contribution < -0.4 is 10.9 Å². The molecule has 2 bridgehead atoms. The van der Waals surface area contributed by atoms with Crippen molar-refractivity contribution >= 4 is 0 Å². The van der Waals surface area contributed by atoms with Crippen molar-refractivity contribution in [2.24, 2.45) is 5.92 Å². The molecule has 0 unspecified atom stereocenters. The Morgan fingerprint density at radius 3 is 2.81 bits per heavy atom. The Morgan fingerprint density at radius 1 is 1.12 bits per heavy atom. The third-order valence-electron chi connectivity index (χ3n) is 6.53. The molecule has 5 rings (SSSR count). The Morgan fingerprint density at radius 2 is 2.00 bits per heavy atom. The van der Waals surface area contributed by atoms with E-state index in [-0.39, 0.29) is 5.56 Å². The largest absolute Gasteiger partial charge is 0.316 e. The Balaban J connectivity index is 1.30. The summed E-state index contributed by atoms with van der Waals surface area (Å²) in [5, 5.41) is 10.7. The monoisotopic (exact) mass is 353 g/mol. The minimum atomic E-state index is 0.245. The summed E-state index contributed by atoms with van der Waals surface area (Å²) in [6.07, 6.45) is 5.32. The maximum atomic E-state index is 13.1. The summed E-state index contributed by atoms with van der Waals surface area (Å²) in [6.45, 7) is 5.81. The van der Waals surface area contributed by atoms with Gasteiger partial charge < -0.3 is 9.88 Å². The fourth-order valence-electron chi connectivity index (χ4n) is 5.09. The molecule has 0 radical (unpaired) electrons. The summed E-state index contributed by atoms with van der Waals surface area (Å²) < 4.78 is 2.08. The third kappa shape index (κ3) is 2.91. The van der Waals surface area contributed by atoms with Gasteiger partial charge in [0.25, 0.3) is 5.56 Å². The van der Waals surface area contributed by atoms with E-state index in [0.29, 0.717) is 17.8 Å². The Bertz CT molecular complexity index is 819. The van der Waals surface area contributed by atoms with E-state index >= 15 is 0 Å². The first-order valence-corrected chi connectivity index (χ1v) is 9.93. The van der Waals surface area contributed by atoms with Crippen molar-refractivity contribution in [2.45, 2.75) is 44.2 Å². The van der Waals surface area contributed by atoms with E-state index in [2.05, 4.69) is 43.2 Å². The van der Waals surface area contributed by atoms with E-state index in [0.717, 1.165) is 57.7 Å². The average molecular weight is 353 g/mol. The number of aromatic nitrogens is 3. The van der Waals surface area contributed by atoms with E-state index in [4.69, 9.17) is 0 Å². The van der Waals surface area contributed by atoms with Crippen molar-refractivity contribution in [2.75, 3.05) is 26.2 Å². The number of aromatic amines is 1. The molecule has 2 aromatic heterocycles. The van der Waals surface area contributed by atoms with Crippen molar-refractivity contribution in [3.8, 4) is 0 Å². The van der Waals surface area contributed by atoms with Gasteiger partial charge in [-0.05, 0) is 56.9 Å². The highest BCUT2D eigenvalue weighted by molar-refractivity contribution is 5.22. The SMILES string of the molecule is O=c1c(CN2CCC(c3ccn[nH]3)CC2)ccc2n1C[C@@H]1CNC[C@H]2C1. The lowest BCUT2D eigenvalue weighted by Gasteiger charge is -2.38. The summed E-state index contributed by atoms with van der Waals surface area (Å²) in [5.74, 6) is 1.69. The molecular weight excluding hydrogens is 326 g/mol. The second-order valence-electron chi connectivity index (χ2n) is 8.22. The molecule has 0 aromatic carbocycles. The first-order valence-electron chi connectivity index (χ1n) is 9.93. The molecule has 2 saturated heterocycles. The smallest absolute Gasteiger partial charge is 0.255 e. The van der Waals surface area contributed by atoms with Crippen LogP contribution >= 0.6 is 0 Å². The van der Waals surface area contributed by atoms with Crippen molar-refractivity contribution in [3.05, 3.63) is 51.7 Å². The molecule has 3 aliphatic heterocycles. The molecule has 6 nitrogen and oxygen atoms in total. The molecule has 2 N–H and O–H groups in total. The predicted molar refractivity (Wildman–Crippen MR) is 100 cm³/mol. The van der Waals surface area contributed by atoms with Crippen LogP contribution in [0.3, 0.4) is 0 Å². The fourth-order valence-corrected chi connectivity index (χ4v) is 5.09. The number of H-pyrrole nitrogens is 1. The van der Waals surface area contributed by atoms with Crippen molar-refractivity contribution in [1.82, 2.24) is 25.0 Å². The molecule has 26 heavy (non-hydrogen) atoms. The van der Waals surface area contributed by atoms with Crippen LogP contribution in [-0.2, 0) is 13.1 Å². The van der Waals surface area contributed by atoms with Crippen LogP contribution in [0.25, 0.3) is 0 Å². The maximum absolute atomic E-state index is 13.1. The normalized spacial score (nSPS) is 26.6. The molecule has 2 fully saturated rings. The van der Waals surface area contributed by atoms with E-state index in [1.807, 2.05) is 6.20 Å². The highest BCUT2D eigenvalue weighted by atomic mass is 16.1. The molecule has 0 aliphatic carbocycles. The highest BCUT2D eigenvalue weighted by Crippen LogP contribution is 2.32. The van der Waals surface area contributed by atoms with Crippen molar-refractivity contribution in [3.63, 3.8) is 0 Å². The number of likely N-dealkylation sites (tertiary alicyclic amines) is 1. The van der Waals surface area contributed by atoms with Gasteiger partial charge in [-0.2, -0.15) is 5.10 Å². The number of piperidine rings is 2. The number of hydrogen-bond donors (Lipinski definition) is 2. The van der Waals surface area contributed by atoms with Crippen LogP contribution in [0.15, 0.2) is 29.2 Å². The van der Waals surface area contributed by atoms with Gasteiger partial charge in [0.15, 0.2) is 0 Å². The second kappa shape index (κ2) is 6.67. The number of hydrogen-bond acceptors (Lipinski definition) is 4. The maximum Gasteiger partial charge on any atom is 0.255 e. The molecule has 3 aliphatic rings. The van der Waals surface area contributed by atoms with Gasteiger partial charge in [0.05, 0.1) is 0 Å². The van der Waals surface area contributed by atoms with Gasteiger partial charge in [0.2, 0.25) is 0 Å². The third-order valence-corrected chi connectivity index (χ3v) is 6.53. The average Bonchev–Trinajstić information content (AvgIpc) is 3.20. The number of nitrogens with zero attached hydrogens (tertiary/aromatic N) is 3. The number of rotatable bonds is 3. The zero-order valence-electron chi connectivity index (χ0n) is 15.2. The van der Waals surface area contributed by atoms with Crippen LogP contribution in [0.5, 0.6) is 0 Å². The van der Waals surface area contributed by atoms with E-state index in [1.54, 1.807) is 0 Å². The van der Waals surface area contributed by atoms with Gasteiger partial charge in [-0.25, -0.2) is 0 Å². The van der Waals surface area contributed by atoms with Gasteiger partial charge in [0, 0.05) is 54.6 Å². The predicted octanol–water partition coefficient (Wildman–Crippen LogP) is 1.66. The van der Waals surface area contributed by atoms with Gasteiger partial charge in [-0.1, -0.05) is 6.07 Å². The molecule has 2 atom stereocenters. The van der Waals surface area contributed by atoms with Crippen molar-refractivity contribution < 1.29 is 0 Å². The van der Waals surface area contributed by atoms with E-state index < -0.39 is 0 Å². The van der Waals surface area contributed by atoms with E-state index in [1.165, 1.54) is 17.8 Å². The Kier molecular flexibility index (Phi) is 4.17. The van der Waals surface area contributed by atoms with E-state index in [9.17, 15) is 4.79 Å². The summed E-state index contributed by atoms with van der Waals surface area (Å²) in [4.78, 5) is 15.5.